The van der Waals surface area contributed by atoms with E-state index in [1.54, 1.807) is 0 Å². The zero-order chi connectivity index (χ0) is 13.7. The molecule has 1 aromatic carbocycles. The number of hydrogen-bond donors (Lipinski definition) is 0. The molecule has 2 rings (SSSR count). The van der Waals surface area contributed by atoms with E-state index in [-0.39, 0.29) is 24.8 Å². The highest BCUT2D eigenvalue weighted by Crippen LogP contribution is 2.26. The average Bonchev–Trinajstić information content (AvgIpc) is 2.42. The lowest BCUT2D eigenvalue weighted by Crippen LogP contribution is -2.48. The molecule has 21 heavy (non-hydrogen) atoms. The molecule has 0 spiro atoms. The summed E-state index contributed by atoms with van der Waals surface area (Å²) in [5.74, 6) is 0. The summed E-state index contributed by atoms with van der Waals surface area (Å²) in [6, 6.07) is 8.59. The van der Waals surface area contributed by atoms with Crippen molar-refractivity contribution in [2.75, 3.05) is 32.7 Å². The minimum atomic E-state index is 0. The van der Waals surface area contributed by atoms with Crippen LogP contribution in [0.5, 0.6) is 0 Å². The molecular weight excluding hydrogens is 327 g/mol. The van der Waals surface area contributed by atoms with Gasteiger partial charge in [0, 0.05) is 43.8 Å². The summed E-state index contributed by atoms with van der Waals surface area (Å²) < 4.78 is 0. The van der Waals surface area contributed by atoms with Crippen LogP contribution in [0.2, 0.25) is 5.02 Å². The Kier molecular flexibility index (Phi) is 10.0. The van der Waals surface area contributed by atoms with E-state index in [0.29, 0.717) is 6.04 Å². The van der Waals surface area contributed by atoms with Crippen LogP contribution in [-0.4, -0.2) is 42.5 Å². The molecule has 0 aromatic heterocycles. The molecule has 1 aliphatic heterocycles. The first-order valence-corrected chi connectivity index (χ1v) is 7.06. The molecule has 0 unspecified atom stereocenters. The first-order valence-electron chi connectivity index (χ1n) is 6.68. The van der Waals surface area contributed by atoms with Crippen LogP contribution < -0.4 is 0 Å². The molecule has 118 valence electrons. The van der Waals surface area contributed by atoms with E-state index >= 15 is 0 Å². The fourth-order valence-electron chi connectivity index (χ4n) is 2.61. The summed E-state index contributed by atoms with van der Waals surface area (Å²) >= 11 is 5.97. The monoisotopic (exact) mass is 348 g/mol. The van der Waals surface area contributed by atoms with Crippen molar-refractivity contribution in [3.05, 3.63) is 60.2 Å². The predicted octanol–water partition coefficient (Wildman–Crippen LogP) is 4.21. The smallest absolute Gasteiger partial charge is 0.0479 e. The fraction of sp³-hybridized carbons (Fsp3) is 0.375. The molecule has 0 radical (unpaired) electrons. The number of rotatable bonds is 5. The van der Waals surface area contributed by atoms with Crippen molar-refractivity contribution < 1.29 is 0 Å². The molecule has 5 heteroatoms. The first-order chi connectivity index (χ1) is 9.24. The van der Waals surface area contributed by atoms with Crippen LogP contribution in [0.25, 0.3) is 0 Å². The fourth-order valence-corrected chi connectivity index (χ4v) is 2.74. The summed E-state index contributed by atoms with van der Waals surface area (Å²) in [5.41, 5.74) is 1.32. The van der Waals surface area contributed by atoms with Gasteiger partial charge in [-0.3, -0.25) is 9.80 Å². The Labute approximate surface area is 145 Å². The summed E-state index contributed by atoms with van der Waals surface area (Å²) in [4.78, 5) is 4.90. The molecule has 0 N–H and O–H groups in total. The number of piperazine rings is 1. The number of hydrogen-bond acceptors (Lipinski definition) is 2. The van der Waals surface area contributed by atoms with Gasteiger partial charge in [-0.05, 0) is 17.7 Å². The summed E-state index contributed by atoms with van der Waals surface area (Å²) in [6.45, 7) is 12.7. The molecule has 1 aromatic rings. The molecule has 1 fully saturated rings. The van der Waals surface area contributed by atoms with Gasteiger partial charge in [-0.1, -0.05) is 35.9 Å². The third-order valence-electron chi connectivity index (χ3n) is 3.58. The lowest BCUT2D eigenvalue weighted by Gasteiger charge is -2.41. The van der Waals surface area contributed by atoms with E-state index in [2.05, 4.69) is 35.1 Å². The minimum Gasteiger partial charge on any atom is -0.297 e. The van der Waals surface area contributed by atoms with Crippen LogP contribution in [0.1, 0.15) is 11.6 Å². The van der Waals surface area contributed by atoms with Crippen molar-refractivity contribution >= 4 is 36.4 Å². The Bertz CT molecular complexity index is 434. The van der Waals surface area contributed by atoms with Gasteiger partial charge >= 0.3 is 0 Å². The van der Waals surface area contributed by atoms with Gasteiger partial charge < -0.3 is 0 Å². The highest BCUT2D eigenvalue weighted by atomic mass is 35.5. The Morgan fingerprint density at radius 2 is 1.67 bits per heavy atom. The van der Waals surface area contributed by atoms with Crippen LogP contribution in [0.3, 0.4) is 0 Å². The molecule has 1 saturated heterocycles. The Morgan fingerprint density at radius 3 is 2.24 bits per heavy atom. The van der Waals surface area contributed by atoms with E-state index in [0.717, 1.165) is 37.7 Å². The lowest BCUT2D eigenvalue weighted by atomic mass is 10.0. The molecule has 0 saturated carbocycles. The van der Waals surface area contributed by atoms with E-state index in [1.807, 2.05) is 24.3 Å². The van der Waals surface area contributed by atoms with Gasteiger partial charge in [0.2, 0.25) is 0 Å². The molecule has 1 aliphatic rings. The molecule has 0 aliphatic carbocycles. The second kappa shape index (κ2) is 10.3. The standard InChI is InChI=1S/C16H21ClN2.2ClH/c1-3-9-18-11-12-19(10-4-2)16(13-18)14-5-7-15(17)8-6-14;;/h3-8,16H,1-2,9-13H2;2*1H/t16-;;/m0../s1. The summed E-state index contributed by atoms with van der Waals surface area (Å²) in [5, 5.41) is 0.790. The van der Waals surface area contributed by atoms with Crippen molar-refractivity contribution in [1.29, 1.82) is 0 Å². The molecule has 0 bridgehead atoms. The topological polar surface area (TPSA) is 6.48 Å². The normalized spacial score (nSPS) is 19.2. The molecular formula is C16H23Cl3N2. The van der Waals surface area contributed by atoms with Crippen molar-refractivity contribution in [2.45, 2.75) is 6.04 Å². The third-order valence-corrected chi connectivity index (χ3v) is 3.83. The maximum Gasteiger partial charge on any atom is 0.0479 e. The maximum atomic E-state index is 5.97. The highest BCUT2D eigenvalue weighted by Gasteiger charge is 2.26. The van der Waals surface area contributed by atoms with Crippen molar-refractivity contribution in [3.8, 4) is 0 Å². The van der Waals surface area contributed by atoms with Crippen molar-refractivity contribution in [1.82, 2.24) is 9.80 Å². The van der Waals surface area contributed by atoms with Gasteiger partial charge in [-0.15, -0.1) is 38.0 Å². The maximum absolute atomic E-state index is 5.97. The van der Waals surface area contributed by atoms with Crippen LogP contribution in [0.4, 0.5) is 0 Å². The van der Waals surface area contributed by atoms with E-state index in [1.165, 1.54) is 5.56 Å². The Morgan fingerprint density at radius 1 is 1.05 bits per heavy atom. The third kappa shape index (κ3) is 5.65. The molecule has 0 amide bonds. The lowest BCUT2D eigenvalue weighted by molar-refractivity contribution is 0.0916. The summed E-state index contributed by atoms with van der Waals surface area (Å²) in [7, 11) is 0. The second-order valence-corrected chi connectivity index (χ2v) is 5.34. The van der Waals surface area contributed by atoms with Gasteiger partial charge in [0.05, 0.1) is 0 Å². The van der Waals surface area contributed by atoms with E-state index in [4.69, 9.17) is 11.6 Å². The summed E-state index contributed by atoms with van der Waals surface area (Å²) in [6.07, 6.45) is 3.95. The van der Waals surface area contributed by atoms with Crippen molar-refractivity contribution in [3.63, 3.8) is 0 Å². The Balaban J connectivity index is 0.00000200. The molecule has 1 heterocycles. The number of nitrogens with zero attached hydrogens (tertiary/aromatic N) is 2. The minimum absolute atomic E-state index is 0. The first kappa shape index (κ1) is 20.5. The predicted molar refractivity (Wildman–Crippen MR) is 97.1 cm³/mol. The second-order valence-electron chi connectivity index (χ2n) is 4.90. The van der Waals surface area contributed by atoms with E-state index < -0.39 is 0 Å². The highest BCUT2D eigenvalue weighted by molar-refractivity contribution is 6.30. The van der Waals surface area contributed by atoms with Crippen LogP contribution in [0, 0.1) is 0 Å². The van der Waals surface area contributed by atoms with E-state index in [9.17, 15) is 0 Å². The number of benzene rings is 1. The SMILES string of the molecule is C=CCN1CCN(CC=C)[C@H](c2ccc(Cl)cc2)C1.Cl.Cl. The zero-order valence-electron chi connectivity index (χ0n) is 12.1. The Hall–Kier alpha value is -0.510. The van der Waals surface area contributed by atoms with Gasteiger partial charge in [0.15, 0.2) is 0 Å². The van der Waals surface area contributed by atoms with Crippen LogP contribution in [-0.2, 0) is 0 Å². The van der Waals surface area contributed by atoms with Crippen molar-refractivity contribution in [2.24, 2.45) is 0 Å². The molecule has 1 atom stereocenters. The van der Waals surface area contributed by atoms with Gasteiger partial charge in [0.25, 0.3) is 0 Å². The van der Waals surface area contributed by atoms with Crippen LogP contribution >= 0.6 is 36.4 Å². The number of halogens is 3. The molecule has 2 nitrogen and oxygen atoms in total. The van der Waals surface area contributed by atoms with Gasteiger partial charge in [-0.2, -0.15) is 0 Å². The quantitative estimate of drug-likeness (QED) is 0.735. The van der Waals surface area contributed by atoms with Crippen LogP contribution in [0.15, 0.2) is 49.6 Å². The van der Waals surface area contributed by atoms with Gasteiger partial charge in [-0.25, -0.2) is 0 Å². The zero-order valence-corrected chi connectivity index (χ0v) is 14.5. The van der Waals surface area contributed by atoms with Gasteiger partial charge in [0.1, 0.15) is 0 Å². The largest absolute Gasteiger partial charge is 0.297 e. The average molecular weight is 350 g/mol.